The molecule has 1 N–H and O–H groups in total. The van der Waals surface area contributed by atoms with Crippen LogP contribution in [0.5, 0.6) is 0 Å². The van der Waals surface area contributed by atoms with E-state index in [1.807, 2.05) is 0 Å². The van der Waals surface area contributed by atoms with Crippen LogP contribution in [0.15, 0.2) is 29.0 Å². The van der Waals surface area contributed by atoms with Gasteiger partial charge in [-0.25, -0.2) is 4.39 Å². The van der Waals surface area contributed by atoms with Crippen LogP contribution in [0.25, 0.3) is 0 Å². The van der Waals surface area contributed by atoms with E-state index in [1.54, 1.807) is 0 Å². The van der Waals surface area contributed by atoms with Crippen LogP contribution in [-0.4, -0.2) is 52.3 Å². The number of carbonyl (C=O) groups is 1. The van der Waals surface area contributed by atoms with E-state index < -0.39 is 23.2 Å². The van der Waals surface area contributed by atoms with E-state index in [0.29, 0.717) is 25.0 Å². The first-order valence-corrected chi connectivity index (χ1v) is 12.0. The highest BCUT2D eigenvalue weighted by molar-refractivity contribution is 5.86. The lowest BCUT2D eigenvalue weighted by atomic mass is 9.85. The average Bonchev–Trinajstić information content (AvgIpc) is 3.56. The zero-order chi connectivity index (χ0) is 24.6. The Morgan fingerprint density at radius 3 is 2.51 bits per heavy atom. The van der Waals surface area contributed by atoms with Gasteiger partial charge >= 0.3 is 6.18 Å². The minimum Gasteiger partial charge on any atom is -0.428 e. The molecule has 2 atom stereocenters. The summed E-state index contributed by atoms with van der Waals surface area (Å²) in [5, 5.41) is 10.5. The zero-order valence-corrected chi connectivity index (χ0v) is 19.2. The number of nitrogens with one attached hydrogen (secondary N) is 1. The van der Waals surface area contributed by atoms with Crippen molar-refractivity contribution in [3.05, 3.63) is 47.4 Å². The van der Waals surface area contributed by atoms with E-state index in [0.717, 1.165) is 57.3 Å². The number of likely N-dealkylation sites (tertiary alicyclic amines) is 1. The molecule has 1 amide bonds. The molecule has 7 nitrogen and oxygen atoms in total. The Morgan fingerprint density at radius 2 is 1.91 bits per heavy atom. The Kier molecular flexibility index (Phi) is 6.56. The number of aromatic nitrogens is 2. The SMILES string of the molecule is O=C(NCc1cc(F)cc(C(F)(F)F)c1)[C@@]1(C2CC2)CCC(N2CCC(c3nnco3)CC2)CO1. The number of ether oxygens (including phenoxy) is 1. The van der Waals surface area contributed by atoms with E-state index in [1.165, 1.54) is 6.39 Å². The summed E-state index contributed by atoms with van der Waals surface area (Å²) in [6.07, 6.45) is 1.64. The van der Waals surface area contributed by atoms with Crippen LogP contribution in [0, 0.1) is 11.7 Å². The Labute approximate surface area is 200 Å². The molecule has 2 aromatic rings. The number of rotatable bonds is 6. The first-order chi connectivity index (χ1) is 16.7. The molecule has 0 radical (unpaired) electrons. The third kappa shape index (κ3) is 5.20. The Morgan fingerprint density at radius 1 is 1.14 bits per heavy atom. The van der Waals surface area contributed by atoms with Gasteiger partial charge in [-0.2, -0.15) is 13.2 Å². The van der Waals surface area contributed by atoms with Crippen LogP contribution in [0.1, 0.15) is 61.5 Å². The van der Waals surface area contributed by atoms with E-state index in [9.17, 15) is 22.4 Å². The molecule has 2 aliphatic heterocycles. The number of benzene rings is 1. The number of nitrogens with zero attached hydrogens (tertiary/aromatic N) is 3. The highest BCUT2D eigenvalue weighted by Gasteiger charge is 2.54. The molecule has 1 aromatic carbocycles. The molecule has 3 heterocycles. The summed E-state index contributed by atoms with van der Waals surface area (Å²) in [7, 11) is 0. The van der Waals surface area contributed by atoms with E-state index in [-0.39, 0.29) is 35.9 Å². The number of hydrogen-bond donors (Lipinski definition) is 1. The van der Waals surface area contributed by atoms with Crippen molar-refractivity contribution in [2.75, 3.05) is 19.7 Å². The van der Waals surface area contributed by atoms with E-state index in [2.05, 4.69) is 20.4 Å². The van der Waals surface area contributed by atoms with Crippen LogP contribution >= 0.6 is 0 Å². The van der Waals surface area contributed by atoms with Crippen molar-refractivity contribution in [3.8, 4) is 0 Å². The summed E-state index contributed by atoms with van der Waals surface area (Å²) in [6, 6.07) is 2.53. The average molecular weight is 497 g/mol. The molecule has 5 rings (SSSR count). The molecule has 3 aliphatic rings. The van der Waals surface area contributed by atoms with Gasteiger partial charge < -0.3 is 14.5 Å². The van der Waals surface area contributed by atoms with Crippen molar-refractivity contribution in [2.24, 2.45) is 5.92 Å². The van der Waals surface area contributed by atoms with Gasteiger partial charge in [0.05, 0.1) is 12.2 Å². The molecule has 11 heteroatoms. The first kappa shape index (κ1) is 24.2. The lowest BCUT2D eigenvalue weighted by Gasteiger charge is -2.44. The Bertz CT molecular complexity index is 1030. The molecule has 0 spiro atoms. The maximum Gasteiger partial charge on any atom is 0.416 e. The lowest BCUT2D eigenvalue weighted by Crippen LogP contribution is -2.57. The minimum atomic E-state index is -4.66. The number of amides is 1. The normalized spacial score (nSPS) is 26.6. The maximum atomic E-state index is 13.7. The van der Waals surface area contributed by atoms with Gasteiger partial charge in [0, 0.05) is 18.5 Å². The predicted molar refractivity (Wildman–Crippen MR) is 116 cm³/mol. The topological polar surface area (TPSA) is 80.5 Å². The number of alkyl halides is 3. The van der Waals surface area contributed by atoms with Crippen LogP contribution in [0.2, 0.25) is 0 Å². The first-order valence-electron chi connectivity index (χ1n) is 12.0. The van der Waals surface area contributed by atoms with Crippen molar-refractivity contribution >= 4 is 5.91 Å². The summed E-state index contributed by atoms with van der Waals surface area (Å²) in [4.78, 5) is 15.6. The van der Waals surface area contributed by atoms with Crippen LogP contribution in [-0.2, 0) is 22.3 Å². The van der Waals surface area contributed by atoms with Gasteiger partial charge in [-0.05, 0) is 81.3 Å². The molecular weight excluding hydrogens is 468 g/mol. The molecule has 3 fully saturated rings. The smallest absolute Gasteiger partial charge is 0.416 e. The van der Waals surface area contributed by atoms with Crippen molar-refractivity contribution in [2.45, 2.75) is 68.8 Å². The van der Waals surface area contributed by atoms with Crippen LogP contribution < -0.4 is 5.32 Å². The third-order valence-electron chi connectivity index (χ3n) is 7.51. The second kappa shape index (κ2) is 9.50. The van der Waals surface area contributed by atoms with Gasteiger partial charge in [0.2, 0.25) is 12.3 Å². The van der Waals surface area contributed by atoms with Crippen LogP contribution in [0.3, 0.4) is 0 Å². The molecule has 0 bridgehead atoms. The number of halogens is 4. The predicted octanol–water partition coefficient (Wildman–Crippen LogP) is 4.05. The molecule has 1 aliphatic carbocycles. The fourth-order valence-corrected chi connectivity index (χ4v) is 5.42. The second-order valence-corrected chi connectivity index (χ2v) is 9.78. The fourth-order valence-electron chi connectivity index (χ4n) is 5.42. The maximum absolute atomic E-state index is 13.7. The Balaban J connectivity index is 1.18. The van der Waals surface area contributed by atoms with Gasteiger partial charge in [-0.1, -0.05) is 0 Å². The standard InChI is InChI=1S/C24H28F4N4O3/c25-19-10-15(9-18(11-19)24(26,27)28)12-29-22(33)23(17-1-2-17)6-3-20(13-35-23)32-7-4-16(5-8-32)21-31-30-14-34-21/h9-11,14,16-17,20H,1-8,12-13H2,(H,29,33)/t20?,23-/m0/s1. The largest absolute Gasteiger partial charge is 0.428 e. The molecule has 1 aromatic heterocycles. The summed E-state index contributed by atoms with van der Waals surface area (Å²) >= 11 is 0. The number of carbonyl (C=O) groups excluding carboxylic acids is 1. The Hall–Kier alpha value is -2.53. The molecule has 190 valence electrons. The van der Waals surface area contributed by atoms with Gasteiger partial charge in [0.15, 0.2) is 0 Å². The van der Waals surface area contributed by atoms with Crippen molar-refractivity contribution in [1.82, 2.24) is 20.4 Å². The van der Waals surface area contributed by atoms with Crippen LogP contribution in [0.4, 0.5) is 17.6 Å². The molecule has 1 saturated carbocycles. The minimum absolute atomic E-state index is 0.0643. The summed E-state index contributed by atoms with van der Waals surface area (Å²) in [6.45, 7) is 1.99. The van der Waals surface area contributed by atoms with Gasteiger partial charge in [0.25, 0.3) is 5.91 Å². The third-order valence-corrected chi connectivity index (χ3v) is 7.51. The highest BCUT2D eigenvalue weighted by atomic mass is 19.4. The van der Waals surface area contributed by atoms with Crippen molar-refractivity contribution < 1.29 is 31.5 Å². The monoisotopic (exact) mass is 496 g/mol. The van der Waals surface area contributed by atoms with Crippen molar-refractivity contribution in [1.29, 1.82) is 0 Å². The summed E-state index contributed by atoms with van der Waals surface area (Å²) < 4.78 is 64.3. The summed E-state index contributed by atoms with van der Waals surface area (Å²) in [5.41, 5.74) is -1.98. The quantitative estimate of drug-likeness (QED) is 0.608. The molecule has 35 heavy (non-hydrogen) atoms. The van der Waals surface area contributed by atoms with E-state index in [4.69, 9.17) is 9.15 Å². The lowest BCUT2D eigenvalue weighted by molar-refractivity contribution is -0.165. The molecule has 1 unspecified atom stereocenters. The highest BCUT2D eigenvalue weighted by Crippen LogP contribution is 2.47. The number of piperidine rings is 1. The number of hydrogen-bond acceptors (Lipinski definition) is 6. The molecular formula is C24H28F4N4O3. The zero-order valence-electron chi connectivity index (χ0n) is 19.2. The second-order valence-electron chi connectivity index (χ2n) is 9.78. The fraction of sp³-hybridized carbons (Fsp3) is 0.625. The van der Waals surface area contributed by atoms with Gasteiger partial charge in [0.1, 0.15) is 11.4 Å². The van der Waals surface area contributed by atoms with Gasteiger partial charge in [-0.3, -0.25) is 9.69 Å². The van der Waals surface area contributed by atoms with E-state index >= 15 is 0 Å². The van der Waals surface area contributed by atoms with Gasteiger partial charge in [-0.15, -0.1) is 10.2 Å². The summed E-state index contributed by atoms with van der Waals surface area (Å²) in [5.74, 6) is -0.276. The van der Waals surface area contributed by atoms with Crippen molar-refractivity contribution in [3.63, 3.8) is 0 Å². The molecule has 2 saturated heterocycles.